The number of ether oxygens (including phenoxy) is 3. The van der Waals surface area contributed by atoms with Gasteiger partial charge in [0, 0.05) is 12.1 Å². The second-order valence-electron chi connectivity index (χ2n) is 7.23. The Morgan fingerprint density at radius 3 is 2.28 bits per heavy atom. The molecule has 0 aliphatic carbocycles. The van der Waals surface area contributed by atoms with Crippen LogP contribution in [0.25, 0.3) is 0 Å². The van der Waals surface area contributed by atoms with Crippen molar-refractivity contribution in [1.82, 2.24) is 10.6 Å². The predicted octanol–water partition coefficient (Wildman–Crippen LogP) is 3.77. The van der Waals surface area contributed by atoms with Crippen molar-refractivity contribution >= 4 is 11.8 Å². The minimum atomic E-state index is -2.97. The van der Waals surface area contributed by atoms with Crippen molar-refractivity contribution in [3.05, 3.63) is 53.6 Å². The monoisotopic (exact) mass is 450 g/mol. The summed E-state index contributed by atoms with van der Waals surface area (Å²) in [6.45, 7) is 3.18. The number of halogens is 2. The largest absolute Gasteiger partial charge is 0.494 e. The van der Waals surface area contributed by atoms with E-state index < -0.39 is 12.7 Å². The van der Waals surface area contributed by atoms with Crippen molar-refractivity contribution in [2.45, 2.75) is 40.0 Å². The zero-order valence-corrected chi connectivity index (χ0v) is 18.5. The molecule has 0 aliphatic rings. The quantitative estimate of drug-likeness (QED) is 0.544. The number of rotatable bonds is 11. The number of methoxy groups -OCH3 is 1. The highest BCUT2D eigenvalue weighted by molar-refractivity contribution is 5.97. The van der Waals surface area contributed by atoms with Gasteiger partial charge < -0.3 is 24.8 Å². The van der Waals surface area contributed by atoms with Gasteiger partial charge in [-0.05, 0) is 54.8 Å². The van der Waals surface area contributed by atoms with Gasteiger partial charge in [-0.2, -0.15) is 8.78 Å². The summed E-state index contributed by atoms with van der Waals surface area (Å²) in [4.78, 5) is 25.3. The molecule has 0 spiro atoms. The fourth-order valence-electron chi connectivity index (χ4n) is 2.94. The third-order valence-corrected chi connectivity index (χ3v) is 4.57. The minimum absolute atomic E-state index is 0.0970. The van der Waals surface area contributed by atoms with Crippen molar-refractivity contribution < 1.29 is 32.6 Å². The van der Waals surface area contributed by atoms with Crippen LogP contribution in [0.3, 0.4) is 0 Å². The highest BCUT2D eigenvalue weighted by Gasteiger charge is 2.24. The topological polar surface area (TPSA) is 85.9 Å². The first-order chi connectivity index (χ1) is 15.2. The predicted molar refractivity (Wildman–Crippen MR) is 115 cm³/mol. The second-order valence-corrected chi connectivity index (χ2v) is 7.23. The summed E-state index contributed by atoms with van der Waals surface area (Å²) in [7, 11) is 1.33. The molecular formula is C23H28F2N2O5. The van der Waals surface area contributed by atoms with Crippen LogP contribution in [0.15, 0.2) is 42.5 Å². The lowest BCUT2D eigenvalue weighted by Crippen LogP contribution is -2.49. The molecule has 9 heteroatoms. The number of amides is 2. The fourth-order valence-corrected chi connectivity index (χ4v) is 2.94. The van der Waals surface area contributed by atoms with Crippen molar-refractivity contribution in [1.29, 1.82) is 0 Å². The van der Waals surface area contributed by atoms with Crippen molar-refractivity contribution in [2.75, 3.05) is 13.7 Å². The van der Waals surface area contributed by atoms with Gasteiger partial charge in [-0.3, -0.25) is 9.59 Å². The van der Waals surface area contributed by atoms with E-state index in [9.17, 15) is 18.4 Å². The Hall–Kier alpha value is -3.36. The first kappa shape index (κ1) is 24.9. The fraction of sp³-hybridized carbons (Fsp3) is 0.391. The van der Waals surface area contributed by atoms with Crippen LogP contribution in [-0.2, 0) is 11.3 Å². The average molecular weight is 450 g/mol. The maximum Gasteiger partial charge on any atom is 0.387 e. The summed E-state index contributed by atoms with van der Waals surface area (Å²) in [6, 6.07) is 10.3. The molecule has 0 radical (unpaired) electrons. The summed E-state index contributed by atoms with van der Waals surface area (Å²) >= 11 is 0. The Morgan fingerprint density at radius 2 is 1.72 bits per heavy atom. The van der Waals surface area contributed by atoms with Crippen LogP contribution in [0, 0.1) is 5.92 Å². The van der Waals surface area contributed by atoms with E-state index in [2.05, 4.69) is 15.4 Å². The Kier molecular flexibility index (Phi) is 9.24. The summed E-state index contributed by atoms with van der Waals surface area (Å²) in [5.74, 6) is -0.231. The van der Waals surface area contributed by atoms with Gasteiger partial charge in [-0.15, -0.1) is 0 Å². The smallest absolute Gasteiger partial charge is 0.387 e. The first-order valence-electron chi connectivity index (χ1n) is 10.2. The average Bonchev–Trinajstić information content (AvgIpc) is 2.76. The van der Waals surface area contributed by atoms with Crippen LogP contribution in [0.2, 0.25) is 0 Å². The maximum atomic E-state index is 12.7. The molecule has 0 heterocycles. The van der Waals surface area contributed by atoms with Crippen LogP contribution in [0.4, 0.5) is 8.78 Å². The standard InChI is InChI=1S/C23H28F2N2O5/c1-5-31-17-9-7-16(8-10-17)21(28)27-20(14(2)3)22(29)26-13-15-6-11-18(32-23(24)25)19(12-15)30-4/h6-12,14,20,23H,5,13H2,1-4H3,(H,26,29)(H,27,28)/t20-/m0/s1. The van der Waals surface area contributed by atoms with Crippen LogP contribution in [-0.4, -0.2) is 38.2 Å². The first-order valence-corrected chi connectivity index (χ1v) is 10.2. The zero-order chi connectivity index (χ0) is 23.7. The molecule has 0 aliphatic heterocycles. The van der Waals surface area contributed by atoms with Gasteiger partial charge in [0.1, 0.15) is 11.8 Å². The summed E-state index contributed by atoms with van der Waals surface area (Å²) in [6.07, 6.45) is 0. The van der Waals surface area contributed by atoms with Gasteiger partial charge in [0.2, 0.25) is 5.91 Å². The summed E-state index contributed by atoms with van der Waals surface area (Å²) in [5, 5.41) is 5.51. The third-order valence-electron chi connectivity index (χ3n) is 4.57. The minimum Gasteiger partial charge on any atom is -0.494 e. The molecule has 0 saturated heterocycles. The van der Waals surface area contributed by atoms with Gasteiger partial charge in [0.05, 0.1) is 13.7 Å². The van der Waals surface area contributed by atoms with E-state index >= 15 is 0 Å². The molecule has 2 amide bonds. The molecule has 0 saturated carbocycles. The molecule has 7 nitrogen and oxygen atoms in total. The van der Waals surface area contributed by atoms with Gasteiger partial charge in [-0.25, -0.2) is 0 Å². The number of hydrogen-bond acceptors (Lipinski definition) is 5. The Labute approximate surface area is 186 Å². The molecule has 0 fully saturated rings. The third kappa shape index (κ3) is 7.11. The lowest BCUT2D eigenvalue weighted by atomic mass is 10.0. The van der Waals surface area contributed by atoms with Crippen LogP contribution in [0.1, 0.15) is 36.7 Å². The van der Waals surface area contributed by atoms with E-state index in [0.29, 0.717) is 23.5 Å². The van der Waals surface area contributed by atoms with E-state index in [-0.39, 0.29) is 35.8 Å². The van der Waals surface area contributed by atoms with Crippen LogP contribution >= 0.6 is 0 Å². The highest BCUT2D eigenvalue weighted by Crippen LogP contribution is 2.29. The second kappa shape index (κ2) is 11.9. The number of carbonyl (C=O) groups is 2. The van der Waals surface area contributed by atoms with Crippen LogP contribution in [0.5, 0.6) is 17.2 Å². The lowest BCUT2D eigenvalue weighted by Gasteiger charge is -2.22. The van der Waals surface area contributed by atoms with Crippen molar-refractivity contribution in [3.63, 3.8) is 0 Å². The van der Waals surface area contributed by atoms with Gasteiger partial charge >= 0.3 is 6.61 Å². The van der Waals surface area contributed by atoms with E-state index in [4.69, 9.17) is 9.47 Å². The zero-order valence-electron chi connectivity index (χ0n) is 18.5. The number of nitrogens with one attached hydrogen (secondary N) is 2. The van der Waals surface area contributed by atoms with E-state index in [1.807, 2.05) is 20.8 Å². The molecule has 32 heavy (non-hydrogen) atoms. The number of alkyl halides is 2. The SMILES string of the molecule is CCOc1ccc(C(=O)N[C@H](C(=O)NCc2ccc(OC(F)F)c(OC)c2)C(C)C)cc1. The summed E-state index contributed by atoms with van der Waals surface area (Å²) < 4.78 is 39.7. The van der Waals surface area contributed by atoms with Gasteiger partial charge in [-0.1, -0.05) is 19.9 Å². The molecule has 2 aromatic carbocycles. The van der Waals surface area contributed by atoms with Gasteiger partial charge in [0.15, 0.2) is 11.5 Å². The summed E-state index contributed by atoms with van der Waals surface area (Å²) in [5.41, 5.74) is 1.03. The molecule has 0 aromatic heterocycles. The van der Waals surface area contributed by atoms with Crippen molar-refractivity contribution in [3.8, 4) is 17.2 Å². The van der Waals surface area contributed by atoms with Crippen molar-refractivity contribution in [2.24, 2.45) is 5.92 Å². The number of hydrogen-bond donors (Lipinski definition) is 2. The van der Waals surface area contributed by atoms with Gasteiger partial charge in [0.25, 0.3) is 5.91 Å². The van der Waals surface area contributed by atoms with E-state index in [0.717, 1.165) is 0 Å². The maximum absolute atomic E-state index is 12.7. The van der Waals surface area contributed by atoms with E-state index in [1.165, 1.54) is 19.2 Å². The molecule has 0 unspecified atom stereocenters. The highest BCUT2D eigenvalue weighted by atomic mass is 19.3. The Morgan fingerprint density at radius 1 is 1.03 bits per heavy atom. The normalized spacial score (nSPS) is 11.8. The molecule has 0 bridgehead atoms. The molecule has 1 atom stereocenters. The molecule has 174 valence electrons. The lowest BCUT2D eigenvalue weighted by molar-refractivity contribution is -0.124. The molecular weight excluding hydrogens is 422 g/mol. The Bertz CT molecular complexity index is 904. The number of carbonyl (C=O) groups excluding carboxylic acids is 2. The Balaban J connectivity index is 2.01. The van der Waals surface area contributed by atoms with Crippen LogP contribution < -0.4 is 24.8 Å². The molecule has 2 rings (SSSR count). The van der Waals surface area contributed by atoms with E-state index in [1.54, 1.807) is 30.3 Å². The molecule has 2 N–H and O–H groups in total. The number of benzene rings is 2. The molecule has 2 aromatic rings.